The van der Waals surface area contributed by atoms with Crippen LogP contribution in [0.5, 0.6) is 0 Å². The Morgan fingerprint density at radius 1 is 1.52 bits per heavy atom. The molecule has 0 aromatic carbocycles. The lowest BCUT2D eigenvalue weighted by atomic mass is 10.2. The van der Waals surface area contributed by atoms with E-state index in [1.54, 1.807) is 12.3 Å². The van der Waals surface area contributed by atoms with Crippen LogP contribution in [0.1, 0.15) is 30.6 Å². The highest BCUT2D eigenvalue weighted by atomic mass is 16.5. The molecule has 116 valence electrons. The predicted molar refractivity (Wildman–Crippen MR) is 83.5 cm³/mol. The van der Waals surface area contributed by atoms with Crippen LogP contribution >= 0.6 is 0 Å². The van der Waals surface area contributed by atoms with Gasteiger partial charge in [-0.25, -0.2) is 9.78 Å². The van der Waals surface area contributed by atoms with Gasteiger partial charge in [0, 0.05) is 25.3 Å². The molecular formula is C15H24N4O2. The molecule has 1 saturated heterocycles. The molecule has 2 N–H and O–H groups in total. The number of esters is 1. The normalized spacial score (nSPS) is 18.3. The molecule has 1 aliphatic heterocycles. The van der Waals surface area contributed by atoms with Crippen molar-refractivity contribution in [2.75, 3.05) is 43.9 Å². The Bertz CT molecular complexity index is 502. The van der Waals surface area contributed by atoms with E-state index in [0.717, 1.165) is 32.6 Å². The second kappa shape index (κ2) is 6.76. The van der Waals surface area contributed by atoms with Crippen molar-refractivity contribution in [1.29, 1.82) is 0 Å². The number of likely N-dealkylation sites (N-methyl/N-ethyl adjacent to an activating group) is 1. The van der Waals surface area contributed by atoms with E-state index in [2.05, 4.69) is 28.6 Å². The summed E-state index contributed by atoms with van der Waals surface area (Å²) in [4.78, 5) is 20.7. The number of rotatable bonds is 5. The SMILES string of the molecule is CCN(CC)C1CCN(c2nccc(C(=O)OC)c2N)C1. The van der Waals surface area contributed by atoms with Gasteiger partial charge in [-0.15, -0.1) is 0 Å². The molecule has 1 aliphatic rings. The maximum absolute atomic E-state index is 11.7. The predicted octanol–water partition coefficient (Wildman–Crippen LogP) is 1.37. The highest BCUT2D eigenvalue weighted by molar-refractivity contribution is 5.97. The molecule has 1 atom stereocenters. The monoisotopic (exact) mass is 292 g/mol. The molecule has 2 rings (SSSR count). The van der Waals surface area contributed by atoms with Crippen molar-refractivity contribution in [1.82, 2.24) is 9.88 Å². The van der Waals surface area contributed by atoms with Crippen molar-refractivity contribution in [2.24, 2.45) is 0 Å². The number of carbonyl (C=O) groups is 1. The van der Waals surface area contributed by atoms with Gasteiger partial charge in [0.15, 0.2) is 5.82 Å². The van der Waals surface area contributed by atoms with E-state index >= 15 is 0 Å². The van der Waals surface area contributed by atoms with Crippen molar-refractivity contribution >= 4 is 17.5 Å². The zero-order valence-electron chi connectivity index (χ0n) is 13.0. The van der Waals surface area contributed by atoms with E-state index < -0.39 is 5.97 Å². The molecule has 1 aromatic heterocycles. The average Bonchev–Trinajstić information content (AvgIpc) is 2.97. The van der Waals surface area contributed by atoms with Crippen molar-refractivity contribution in [3.63, 3.8) is 0 Å². The first-order valence-electron chi connectivity index (χ1n) is 7.44. The molecule has 0 saturated carbocycles. The van der Waals surface area contributed by atoms with E-state index in [0.29, 0.717) is 23.1 Å². The second-order valence-corrected chi connectivity index (χ2v) is 5.20. The summed E-state index contributed by atoms with van der Waals surface area (Å²) in [7, 11) is 1.36. The molecule has 21 heavy (non-hydrogen) atoms. The Labute approximate surface area is 125 Å². The first kappa shape index (κ1) is 15.6. The standard InChI is InChI=1S/C15H24N4O2/c1-4-18(5-2)11-7-9-19(10-11)14-13(16)12(6-8-17-14)15(20)21-3/h6,8,11H,4-5,7,9-10,16H2,1-3H3. The van der Waals surface area contributed by atoms with Gasteiger partial charge in [0.1, 0.15) is 0 Å². The summed E-state index contributed by atoms with van der Waals surface area (Å²) in [5, 5.41) is 0. The number of aromatic nitrogens is 1. The lowest BCUT2D eigenvalue weighted by molar-refractivity contribution is 0.0602. The number of hydrogen-bond donors (Lipinski definition) is 1. The third kappa shape index (κ3) is 3.10. The van der Waals surface area contributed by atoms with Crippen LogP contribution < -0.4 is 10.6 Å². The van der Waals surface area contributed by atoms with E-state index in [9.17, 15) is 4.79 Å². The molecule has 0 bridgehead atoms. The number of methoxy groups -OCH3 is 1. The molecule has 0 radical (unpaired) electrons. The fraction of sp³-hybridized carbons (Fsp3) is 0.600. The number of ether oxygens (including phenoxy) is 1. The van der Waals surface area contributed by atoms with Crippen molar-refractivity contribution < 1.29 is 9.53 Å². The highest BCUT2D eigenvalue weighted by Crippen LogP contribution is 2.28. The Hall–Kier alpha value is -1.82. The summed E-state index contributed by atoms with van der Waals surface area (Å²) >= 11 is 0. The Morgan fingerprint density at radius 2 is 2.24 bits per heavy atom. The summed E-state index contributed by atoms with van der Waals surface area (Å²) < 4.78 is 4.76. The Balaban J connectivity index is 2.19. The van der Waals surface area contributed by atoms with Crippen LogP contribution in [0.4, 0.5) is 11.5 Å². The van der Waals surface area contributed by atoms with Crippen molar-refractivity contribution in [3.8, 4) is 0 Å². The molecule has 0 aliphatic carbocycles. The van der Waals surface area contributed by atoms with Gasteiger partial charge in [-0.1, -0.05) is 13.8 Å². The lowest BCUT2D eigenvalue weighted by Crippen LogP contribution is -2.37. The summed E-state index contributed by atoms with van der Waals surface area (Å²) in [6.07, 6.45) is 2.70. The van der Waals surface area contributed by atoms with Gasteiger partial charge in [-0.3, -0.25) is 4.90 Å². The van der Waals surface area contributed by atoms with E-state index in [-0.39, 0.29) is 0 Å². The van der Waals surface area contributed by atoms with Gasteiger partial charge in [-0.2, -0.15) is 0 Å². The number of anilines is 2. The van der Waals surface area contributed by atoms with Crippen LogP contribution in [0.25, 0.3) is 0 Å². The van der Waals surface area contributed by atoms with Crippen LogP contribution in [0.3, 0.4) is 0 Å². The Kier molecular flexibility index (Phi) is 5.01. The Morgan fingerprint density at radius 3 is 2.86 bits per heavy atom. The zero-order chi connectivity index (χ0) is 15.4. The van der Waals surface area contributed by atoms with Gasteiger partial charge in [0.05, 0.1) is 18.4 Å². The number of nitrogen functional groups attached to an aromatic ring is 1. The van der Waals surface area contributed by atoms with Gasteiger partial charge in [0.25, 0.3) is 0 Å². The maximum atomic E-state index is 11.7. The molecule has 1 unspecified atom stereocenters. The fourth-order valence-corrected chi connectivity index (χ4v) is 2.97. The van der Waals surface area contributed by atoms with Crippen LogP contribution in [-0.2, 0) is 4.74 Å². The molecule has 6 nitrogen and oxygen atoms in total. The van der Waals surface area contributed by atoms with Gasteiger partial charge in [0.2, 0.25) is 0 Å². The average molecular weight is 292 g/mol. The quantitative estimate of drug-likeness (QED) is 0.827. The van der Waals surface area contributed by atoms with Crippen LogP contribution in [0, 0.1) is 0 Å². The third-order valence-electron chi connectivity index (χ3n) is 4.17. The first-order chi connectivity index (χ1) is 10.1. The van der Waals surface area contributed by atoms with Gasteiger partial charge < -0.3 is 15.4 Å². The largest absolute Gasteiger partial charge is 0.465 e. The smallest absolute Gasteiger partial charge is 0.340 e. The zero-order valence-corrected chi connectivity index (χ0v) is 13.0. The van der Waals surface area contributed by atoms with Crippen LogP contribution in [0.15, 0.2) is 12.3 Å². The lowest BCUT2D eigenvalue weighted by Gasteiger charge is -2.26. The molecule has 2 heterocycles. The second-order valence-electron chi connectivity index (χ2n) is 5.20. The van der Waals surface area contributed by atoms with E-state index in [1.807, 2.05) is 0 Å². The maximum Gasteiger partial charge on any atom is 0.340 e. The summed E-state index contributed by atoms with van der Waals surface area (Å²) in [6, 6.07) is 2.12. The van der Waals surface area contributed by atoms with Gasteiger partial charge in [-0.05, 0) is 25.6 Å². The topological polar surface area (TPSA) is 71.7 Å². The third-order valence-corrected chi connectivity index (χ3v) is 4.17. The van der Waals surface area contributed by atoms with Gasteiger partial charge >= 0.3 is 5.97 Å². The van der Waals surface area contributed by atoms with E-state index in [1.165, 1.54) is 7.11 Å². The highest BCUT2D eigenvalue weighted by Gasteiger charge is 2.29. The van der Waals surface area contributed by atoms with E-state index in [4.69, 9.17) is 10.5 Å². The minimum Gasteiger partial charge on any atom is -0.465 e. The minimum absolute atomic E-state index is 0.383. The first-order valence-corrected chi connectivity index (χ1v) is 7.44. The molecule has 6 heteroatoms. The summed E-state index contributed by atoms with van der Waals surface area (Å²) in [5.74, 6) is 0.267. The number of carbonyl (C=O) groups excluding carboxylic acids is 1. The van der Waals surface area contributed by atoms with Crippen LogP contribution in [-0.4, -0.2) is 55.2 Å². The molecule has 0 amide bonds. The minimum atomic E-state index is -0.421. The summed E-state index contributed by atoms with van der Waals surface area (Å²) in [6.45, 7) is 8.24. The fourth-order valence-electron chi connectivity index (χ4n) is 2.97. The number of pyridine rings is 1. The number of nitrogens with zero attached hydrogens (tertiary/aromatic N) is 3. The molecule has 1 aromatic rings. The number of nitrogens with two attached hydrogens (primary N) is 1. The molecule has 0 spiro atoms. The van der Waals surface area contributed by atoms with Crippen molar-refractivity contribution in [3.05, 3.63) is 17.8 Å². The number of hydrogen-bond acceptors (Lipinski definition) is 6. The molecular weight excluding hydrogens is 268 g/mol. The summed E-state index contributed by atoms with van der Waals surface area (Å²) in [5.41, 5.74) is 6.90. The van der Waals surface area contributed by atoms with Crippen molar-refractivity contribution in [2.45, 2.75) is 26.3 Å². The van der Waals surface area contributed by atoms with Crippen LogP contribution in [0.2, 0.25) is 0 Å². The molecule has 1 fully saturated rings.